The third-order valence-corrected chi connectivity index (χ3v) is 2.09. The van der Waals surface area contributed by atoms with Gasteiger partial charge in [-0.1, -0.05) is 0 Å². The Bertz CT molecular complexity index is 517. The van der Waals surface area contributed by atoms with Crippen molar-refractivity contribution < 1.29 is 27.9 Å². The summed E-state index contributed by atoms with van der Waals surface area (Å²) in [7, 11) is 0. The van der Waals surface area contributed by atoms with Crippen LogP contribution in [0.1, 0.15) is 0 Å². The Morgan fingerprint density at radius 3 is 2.00 bits per heavy atom. The Morgan fingerprint density at radius 2 is 1.67 bits per heavy atom. The summed E-state index contributed by atoms with van der Waals surface area (Å²) in [4.78, 5) is 25.5. The van der Waals surface area contributed by atoms with Crippen LogP contribution in [-0.4, -0.2) is 26.7 Å². The topological polar surface area (TPSA) is 129 Å². The highest BCUT2D eigenvalue weighted by Crippen LogP contribution is 2.40. The Hall–Kier alpha value is -2.53. The molecule has 0 spiro atoms. The number of hydrogen-bond acceptors (Lipinski definition) is 6. The molecule has 0 aromatic carbocycles. The quantitative estimate of drug-likeness (QED) is 0.425. The molecule has 0 radical (unpaired) electrons. The van der Waals surface area contributed by atoms with Crippen LogP contribution in [0.4, 0.5) is 13.2 Å². The molecule has 0 saturated heterocycles. The normalized spacial score (nSPS) is 27.7. The molecule has 1 rings (SSSR count). The summed E-state index contributed by atoms with van der Waals surface area (Å²) in [6.07, 6.45) is -3.78. The van der Waals surface area contributed by atoms with E-state index in [1.807, 2.05) is 0 Å². The zero-order valence-corrected chi connectivity index (χ0v) is 8.08. The summed E-state index contributed by atoms with van der Waals surface area (Å²) < 4.78 is 40.0. The summed E-state index contributed by atoms with van der Waals surface area (Å²) in [5.74, 6) is -7.31. The van der Waals surface area contributed by atoms with E-state index in [0.29, 0.717) is 0 Å². The zero-order chi connectivity index (χ0) is 14.2. The van der Waals surface area contributed by atoms with Crippen LogP contribution in [0.25, 0.3) is 0 Å². The number of allylic oxidation sites excluding steroid dienone is 1. The second kappa shape index (κ2) is 4.05. The van der Waals surface area contributed by atoms with Gasteiger partial charge in [0.2, 0.25) is 0 Å². The van der Waals surface area contributed by atoms with Gasteiger partial charge in [0.25, 0.3) is 17.7 Å². The van der Waals surface area contributed by atoms with Crippen LogP contribution in [-0.2, 0) is 0 Å². The Labute approximate surface area is 94.6 Å². The molecule has 9 nitrogen and oxygen atoms in total. The first-order valence-electron chi connectivity index (χ1n) is 4.02. The first-order chi connectivity index (χ1) is 8.13. The molecule has 0 amide bonds. The van der Waals surface area contributed by atoms with Gasteiger partial charge in [0, 0.05) is 0 Å². The second-order valence-electron chi connectivity index (χ2n) is 3.08. The van der Waals surface area contributed by atoms with Gasteiger partial charge < -0.3 is 0 Å². The van der Waals surface area contributed by atoms with E-state index in [-0.39, 0.29) is 6.08 Å². The van der Waals surface area contributed by atoms with E-state index in [9.17, 15) is 43.5 Å². The van der Waals surface area contributed by atoms with Crippen LogP contribution < -0.4 is 0 Å². The lowest BCUT2D eigenvalue weighted by molar-refractivity contribution is -0.613. The van der Waals surface area contributed by atoms with E-state index >= 15 is 0 Å². The van der Waals surface area contributed by atoms with Gasteiger partial charge in [-0.25, -0.2) is 4.39 Å². The van der Waals surface area contributed by atoms with Gasteiger partial charge in [-0.3, -0.25) is 30.3 Å². The van der Waals surface area contributed by atoms with Crippen molar-refractivity contribution in [3.05, 3.63) is 53.6 Å². The van der Waals surface area contributed by atoms with Crippen molar-refractivity contribution in [3.63, 3.8) is 0 Å². The van der Waals surface area contributed by atoms with Crippen molar-refractivity contribution in [3.8, 4) is 0 Å². The number of nitro groups is 3. The molecular formula is C6H2F3N3O6. The van der Waals surface area contributed by atoms with Crippen molar-refractivity contribution in [1.29, 1.82) is 0 Å². The van der Waals surface area contributed by atoms with E-state index in [1.165, 1.54) is 0 Å². The molecule has 2 atom stereocenters. The lowest BCUT2D eigenvalue weighted by Gasteiger charge is -2.19. The minimum atomic E-state index is -4.68. The van der Waals surface area contributed by atoms with Crippen LogP contribution in [0.5, 0.6) is 0 Å². The van der Waals surface area contributed by atoms with Crippen molar-refractivity contribution in [1.82, 2.24) is 0 Å². The fraction of sp³-hybridized carbons (Fsp3) is 0.333. The van der Waals surface area contributed by atoms with Crippen LogP contribution >= 0.6 is 0 Å². The van der Waals surface area contributed by atoms with Gasteiger partial charge in [0.1, 0.15) is 0 Å². The molecule has 0 fully saturated rings. The van der Waals surface area contributed by atoms with Gasteiger partial charge in [-0.15, -0.1) is 0 Å². The van der Waals surface area contributed by atoms with E-state index in [2.05, 4.69) is 0 Å². The van der Waals surface area contributed by atoms with Gasteiger partial charge >= 0.3 is 11.5 Å². The number of nitrogens with zero attached hydrogens (tertiary/aromatic N) is 3. The summed E-state index contributed by atoms with van der Waals surface area (Å²) in [6.45, 7) is 0. The average molecular weight is 269 g/mol. The van der Waals surface area contributed by atoms with E-state index < -0.39 is 44.0 Å². The number of alkyl halides is 2. The van der Waals surface area contributed by atoms with Gasteiger partial charge in [0.15, 0.2) is 0 Å². The van der Waals surface area contributed by atoms with Crippen molar-refractivity contribution in [2.24, 2.45) is 0 Å². The maximum absolute atomic E-state index is 13.5. The smallest absolute Gasteiger partial charge is 0.261 e. The van der Waals surface area contributed by atoms with Crippen molar-refractivity contribution in [2.45, 2.75) is 12.0 Å². The minimum Gasteiger partial charge on any atom is -0.261 e. The highest BCUT2D eigenvalue weighted by Gasteiger charge is 2.67. The minimum absolute atomic E-state index is 0.193. The molecule has 1 aliphatic carbocycles. The molecule has 98 valence electrons. The molecule has 12 heteroatoms. The maximum atomic E-state index is 13.5. The molecule has 0 aromatic rings. The Kier molecular flexibility index (Phi) is 3.04. The SMILES string of the molecule is O=[N+]([O-])C1=CC([N+](=O)[O-])=C(F)C(F)([N+](=O)[O-])C1F. The predicted molar refractivity (Wildman–Crippen MR) is 45.9 cm³/mol. The monoisotopic (exact) mass is 269 g/mol. The molecule has 18 heavy (non-hydrogen) atoms. The summed E-state index contributed by atoms with van der Waals surface area (Å²) in [5, 5.41) is 30.8. The molecule has 1 aliphatic rings. The van der Waals surface area contributed by atoms with Crippen molar-refractivity contribution >= 4 is 0 Å². The molecule has 0 bridgehead atoms. The number of hydrogen-bond donors (Lipinski definition) is 0. The van der Waals surface area contributed by atoms with Crippen LogP contribution in [0, 0.1) is 30.3 Å². The number of halogens is 3. The highest BCUT2D eigenvalue weighted by molar-refractivity contribution is 5.32. The fourth-order valence-corrected chi connectivity index (χ4v) is 1.21. The molecule has 0 aliphatic heterocycles. The van der Waals surface area contributed by atoms with Crippen LogP contribution in [0.3, 0.4) is 0 Å². The Balaban J connectivity index is 3.59. The predicted octanol–water partition coefficient (Wildman–Crippen LogP) is 0.899. The average Bonchev–Trinajstić information content (AvgIpc) is 2.24. The summed E-state index contributed by atoms with van der Waals surface area (Å²) >= 11 is 0. The lowest BCUT2D eigenvalue weighted by atomic mass is 9.98. The van der Waals surface area contributed by atoms with Crippen LogP contribution in [0.2, 0.25) is 0 Å². The maximum Gasteiger partial charge on any atom is 0.458 e. The third kappa shape index (κ3) is 1.66. The third-order valence-electron chi connectivity index (χ3n) is 2.09. The summed E-state index contributed by atoms with van der Waals surface area (Å²) in [6, 6.07) is 0. The molecule has 0 saturated carbocycles. The molecule has 2 unspecified atom stereocenters. The van der Waals surface area contributed by atoms with Gasteiger partial charge in [-0.2, -0.15) is 8.78 Å². The lowest BCUT2D eigenvalue weighted by Crippen LogP contribution is -2.48. The van der Waals surface area contributed by atoms with Gasteiger partial charge in [0.05, 0.1) is 20.8 Å². The fourth-order valence-electron chi connectivity index (χ4n) is 1.21. The Morgan fingerprint density at radius 1 is 1.17 bits per heavy atom. The first-order valence-corrected chi connectivity index (χ1v) is 4.02. The molecule has 0 N–H and O–H groups in total. The van der Waals surface area contributed by atoms with Crippen LogP contribution in [0.15, 0.2) is 23.3 Å². The van der Waals surface area contributed by atoms with E-state index in [1.54, 1.807) is 0 Å². The van der Waals surface area contributed by atoms with Crippen molar-refractivity contribution in [2.75, 3.05) is 0 Å². The molecule has 0 heterocycles. The standard InChI is InChI=1S/C6H2F3N3O6/c7-4-2(10(13)14)1-3(11(15)16)5(8)6(4,9)12(17)18/h1,4H. The number of rotatable bonds is 3. The second-order valence-corrected chi connectivity index (χ2v) is 3.08. The summed E-state index contributed by atoms with van der Waals surface area (Å²) in [5.41, 5.74) is -3.67. The van der Waals surface area contributed by atoms with Gasteiger partial charge in [-0.05, 0) is 0 Å². The largest absolute Gasteiger partial charge is 0.458 e. The molecule has 0 aromatic heterocycles. The molecular weight excluding hydrogens is 267 g/mol. The zero-order valence-electron chi connectivity index (χ0n) is 8.08. The van der Waals surface area contributed by atoms with E-state index in [4.69, 9.17) is 0 Å². The highest BCUT2D eigenvalue weighted by atomic mass is 19.2. The first kappa shape index (κ1) is 13.5. The van der Waals surface area contributed by atoms with E-state index in [0.717, 1.165) is 0 Å².